The summed E-state index contributed by atoms with van der Waals surface area (Å²) >= 11 is 0. The normalized spacial score (nSPS) is 30.2. The first-order chi connectivity index (χ1) is 5.96. The van der Waals surface area contributed by atoms with E-state index in [1.165, 1.54) is 0 Å². The Bertz CT molecular complexity index is 198. The zero-order valence-electron chi connectivity index (χ0n) is 8.97. The predicted molar refractivity (Wildman–Crippen MR) is 54.4 cm³/mol. The van der Waals surface area contributed by atoms with Crippen LogP contribution in [0.3, 0.4) is 0 Å². The van der Waals surface area contributed by atoms with Gasteiger partial charge in [0.05, 0.1) is 0 Å². The van der Waals surface area contributed by atoms with Crippen LogP contribution in [-0.2, 0) is 4.79 Å². The lowest BCUT2D eigenvalue weighted by Gasteiger charge is -2.36. The van der Waals surface area contributed by atoms with Gasteiger partial charge in [0.15, 0.2) is 0 Å². The van der Waals surface area contributed by atoms with Gasteiger partial charge in [0.1, 0.15) is 5.78 Å². The van der Waals surface area contributed by atoms with Crippen molar-refractivity contribution in [2.75, 3.05) is 0 Å². The first-order valence-corrected chi connectivity index (χ1v) is 5.24. The van der Waals surface area contributed by atoms with E-state index in [-0.39, 0.29) is 12.0 Å². The maximum atomic E-state index is 11.6. The molecule has 0 aromatic heterocycles. The summed E-state index contributed by atoms with van der Waals surface area (Å²) in [4.78, 5) is 11.6. The van der Waals surface area contributed by atoms with E-state index in [1.54, 1.807) is 0 Å². The summed E-state index contributed by atoms with van der Waals surface area (Å²) in [6, 6.07) is 0.0760. The molecule has 13 heavy (non-hydrogen) atoms. The molecule has 0 heterocycles. The molecule has 1 fully saturated rings. The van der Waals surface area contributed by atoms with Gasteiger partial charge in [-0.3, -0.25) is 4.79 Å². The van der Waals surface area contributed by atoms with Gasteiger partial charge >= 0.3 is 0 Å². The van der Waals surface area contributed by atoms with Crippen molar-refractivity contribution in [3.8, 4) is 0 Å². The van der Waals surface area contributed by atoms with Gasteiger partial charge in [-0.25, -0.2) is 0 Å². The molecular formula is C11H21NO. The van der Waals surface area contributed by atoms with Crippen molar-refractivity contribution in [1.82, 2.24) is 0 Å². The molecule has 1 aliphatic carbocycles. The lowest BCUT2D eigenvalue weighted by molar-refractivity contribution is -0.127. The van der Waals surface area contributed by atoms with Crippen LogP contribution in [0, 0.1) is 11.3 Å². The summed E-state index contributed by atoms with van der Waals surface area (Å²) in [5, 5.41) is 0. The molecule has 1 saturated carbocycles. The van der Waals surface area contributed by atoms with E-state index < -0.39 is 0 Å². The van der Waals surface area contributed by atoms with Gasteiger partial charge in [0, 0.05) is 18.4 Å². The van der Waals surface area contributed by atoms with E-state index in [0.29, 0.717) is 11.2 Å². The lowest BCUT2D eigenvalue weighted by atomic mass is 9.69. The molecule has 0 aromatic rings. The quantitative estimate of drug-likeness (QED) is 0.712. The molecule has 2 unspecified atom stereocenters. The molecule has 0 saturated heterocycles. The highest BCUT2D eigenvalue weighted by Crippen LogP contribution is 2.38. The number of hydrogen-bond donors (Lipinski definition) is 1. The fourth-order valence-corrected chi connectivity index (χ4v) is 2.13. The summed E-state index contributed by atoms with van der Waals surface area (Å²) < 4.78 is 0. The third kappa shape index (κ3) is 2.53. The number of ketones is 1. The fourth-order valence-electron chi connectivity index (χ4n) is 2.13. The van der Waals surface area contributed by atoms with Crippen molar-refractivity contribution in [3.05, 3.63) is 0 Å². The largest absolute Gasteiger partial charge is 0.327 e. The average Bonchev–Trinajstić information content (AvgIpc) is 2.08. The summed E-state index contributed by atoms with van der Waals surface area (Å²) in [6.07, 6.45) is 3.64. The monoisotopic (exact) mass is 183 g/mol. The SMILES string of the molecule is CCC(N)C1CC(C)(C)CCC1=O. The van der Waals surface area contributed by atoms with Gasteiger partial charge in [-0.05, 0) is 24.7 Å². The molecular weight excluding hydrogens is 162 g/mol. The van der Waals surface area contributed by atoms with Crippen molar-refractivity contribution in [1.29, 1.82) is 0 Å². The number of Topliss-reactive ketones (excluding diaryl/α,β-unsaturated/α-hetero) is 1. The van der Waals surface area contributed by atoms with Crippen LogP contribution in [-0.4, -0.2) is 11.8 Å². The molecule has 0 spiro atoms. The molecule has 0 amide bonds. The zero-order chi connectivity index (χ0) is 10.1. The van der Waals surface area contributed by atoms with E-state index in [4.69, 9.17) is 5.73 Å². The summed E-state index contributed by atoms with van der Waals surface area (Å²) in [5.41, 5.74) is 6.25. The van der Waals surface area contributed by atoms with E-state index in [0.717, 1.165) is 25.7 Å². The van der Waals surface area contributed by atoms with Crippen molar-refractivity contribution >= 4 is 5.78 Å². The van der Waals surface area contributed by atoms with Gasteiger partial charge in [-0.2, -0.15) is 0 Å². The Morgan fingerprint density at radius 2 is 2.23 bits per heavy atom. The van der Waals surface area contributed by atoms with Gasteiger partial charge < -0.3 is 5.73 Å². The van der Waals surface area contributed by atoms with Gasteiger partial charge in [-0.1, -0.05) is 20.8 Å². The number of carbonyl (C=O) groups excluding carboxylic acids is 1. The highest BCUT2D eigenvalue weighted by atomic mass is 16.1. The molecule has 0 aromatic carbocycles. The fraction of sp³-hybridized carbons (Fsp3) is 0.909. The van der Waals surface area contributed by atoms with Gasteiger partial charge in [0.25, 0.3) is 0 Å². The summed E-state index contributed by atoms with van der Waals surface area (Å²) in [5.74, 6) is 0.502. The Morgan fingerprint density at radius 1 is 1.62 bits per heavy atom. The van der Waals surface area contributed by atoms with E-state index in [1.807, 2.05) is 0 Å². The van der Waals surface area contributed by atoms with E-state index >= 15 is 0 Å². The second-order valence-electron chi connectivity index (χ2n) is 5.01. The van der Waals surface area contributed by atoms with Crippen LogP contribution in [0.15, 0.2) is 0 Å². The highest BCUT2D eigenvalue weighted by molar-refractivity contribution is 5.82. The summed E-state index contributed by atoms with van der Waals surface area (Å²) in [7, 11) is 0. The Labute approximate surface area is 80.9 Å². The number of hydrogen-bond acceptors (Lipinski definition) is 2. The standard InChI is InChI=1S/C11H21NO/c1-4-9(12)8-7-11(2,3)6-5-10(8)13/h8-9H,4-7,12H2,1-3H3. The van der Waals surface area contributed by atoms with Crippen LogP contribution in [0.5, 0.6) is 0 Å². The van der Waals surface area contributed by atoms with Crippen LogP contribution in [0.1, 0.15) is 46.5 Å². The average molecular weight is 183 g/mol. The minimum Gasteiger partial charge on any atom is -0.327 e. The number of rotatable bonds is 2. The molecule has 1 rings (SSSR count). The van der Waals surface area contributed by atoms with Gasteiger partial charge in [-0.15, -0.1) is 0 Å². The number of carbonyl (C=O) groups is 1. The van der Waals surface area contributed by atoms with E-state index in [9.17, 15) is 4.79 Å². The van der Waals surface area contributed by atoms with Crippen LogP contribution in [0.25, 0.3) is 0 Å². The molecule has 76 valence electrons. The smallest absolute Gasteiger partial charge is 0.137 e. The van der Waals surface area contributed by atoms with Gasteiger partial charge in [0.2, 0.25) is 0 Å². The molecule has 2 heteroatoms. The second kappa shape index (κ2) is 3.79. The maximum absolute atomic E-state index is 11.6. The maximum Gasteiger partial charge on any atom is 0.137 e. The van der Waals surface area contributed by atoms with Crippen molar-refractivity contribution in [2.24, 2.45) is 17.1 Å². The Balaban J connectivity index is 2.65. The Kier molecular flexibility index (Phi) is 3.12. The predicted octanol–water partition coefficient (Wildman–Crippen LogP) is 2.12. The topological polar surface area (TPSA) is 43.1 Å². The molecule has 1 aliphatic rings. The minimum atomic E-state index is 0.0760. The van der Waals surface area contributed by atoms with E-state index in [2.05, 4.69) is 20.8 Å². The number of nitrogens with two attached hydrogens (primary N) is 1. The Morgan fingerprint density at radius 3 is 2.77 bits per heavy atom. The van der Waals surface area contributed by atoms with Crippen LogP contribution >= 0.6 is 0 Å². The third-order valence-electron chi connectivity index (χ3n) is 3.22. The molecule has 2 nitrogen and oxygen atoms in total. The Hall–Kier alpha value is -0.370. The second-order valence-corrected chi connectivity index (χ2v) is 5.01. The molecule has 0 bridgehead atoms. The minimum absolute atomic E-state index is 0.0760. The lowest BCUT2D eigenvalue weighted by Crippen LogP contribution is -2.41. The summed E-state index contributed by atoms with van der Waals surface area (Å²) in [6.45, 7) is 6.52. The van der Waals surface area contributed by atoms with Crippen LogP contribution < -0.4 is 5.73 Å². The highest BCUT2D eigenvalue weighted by Gasteiger charge is 2.35. The zero-order valence-corrected chi connectivity index (χ0v) is 8.97. The molecule has 0 radical (unpaired) electrons. The van der Waals surface area contributed by atoms with Crippen LogP contribution in [0.2, 0.25) is 0 Å². The first-order valence-electron chi connectivity index (χ1n) is 5.24. The van der Waals surface area contributed by atoms with Crippen molar-refractivity contribution in [3.63, 3.8) is 0 Å². The third-order valence-corrected chi connectivity index (χ3v) is 3.22. The molecule has 0 aliphatic heterocycles. The molecule has 2 atom stereocenters. The van der Waals surface area contributed by atoms with Crippen molar-refractivity contribution in [2.45, 2.75) is 52.5 Å². The van der Waals surface area contributed by atoms with Crippen LogP contribution in [0.4, 0.5) is 0 Å². The molecule has 2 N–H and O–H groups in total. The van der Waals surface area contributed by atoms with Crippen molar-refractivity contribution < 1.29 is 4.79 Å². The first kappa shape index (κ1) is 10.7.